The van der Waals surface area contributed by atoms with Gasteiger partial charge in [0.1, 0.15) is 11.6 Å². The van der Waals surface area contributed by atoms with E-state index in [-0.39, 0.29) is 6.04 Å². The summed E-state index contributed by atoms with van der Waals surface area (Å²) < 4.78 is 7.90. The molecule has 0 spiro atoms. The van der Waals surface area contributed by atoms with Crippen molar-refractivity contribution >= 4 is 0 Å². The summed E-state index contributed by atoms with van der Waals surface area (Å²) in [4.78, 5) is 4.42. The number of ether oxygens (including phenoxy) is 1. The number of hydrogen-bond donors (Lipinski definition) is 2. The zero-order valence-corrected chi connectivity index (χ0v) is 12.5. The van der Waals surface area contributed by atoms with Crippen LogP contribution in [0.25, 0.3) is 0 Å². The van der Waals surface area contributed by atoms with Crippen LogP contribution in [0.2, 0.25) is 0 Å². The summed E-state index contributed by atoms with van der Waals surface area (Å²) in [6.07, 6.45) is 6.61. The van der Waals surface area contributed by atoms with Crippen LogP contribution in [0.5, 0.6) is 5.75 Å². The summed E-state index contributed by atoms with van der Waals surface area (Å²) in [6.45, 7) is 3.79. The lowest BCUT2D eigenvalue weighted by atomic mass is 10.1. The normalized spacial score (nSPS) is 12.3. The van der Waals surface area contributed by atoms with Gasteiger partial charge in [-0.15, -0.1) is 0 Å². The Morgan fingerprint density at radius 1 is 1.33 bits per heavy atom. The average molecular weight is 288 g/mol. The molecular weight excluding hydrogens is 264 g/mol. The number of nitrogens with two attached hydrogens (primary N) is 1. The van der Waals surface area contributed by atoms with Crippen molar-refractivity contribution in [2.24, 2.45) is 5.84 Å². The summed E-state index contributed by atoms with van der Waals surface area (Å²) in [6, 6.07) is 9.99. The summed E-state index contributed by atoms with van der Waals surface area (Å²) in [5.74, 6) is 7.61. The lowest BCUT2D eigenvalue weighted by Crippen LogP contribution is -2.38. The molecule has 1 atom stereocenters. The maximum Gasteiger partial charge on any atom is 0.119 e. The van der Waals surface area contributed by atoms with E-state index in [1.165, 1.54) is 0 Å². The number of aryl methyl sites for hydroxylation is 1. The van der Waals surface area contributed by atoms with E-state index in [2.05, 4.69) is 21.9 Å². The Kier molecular flexibility index (Phi) is 6.24. The quantitative estimate of drug-likeness (QED) is 0.548. The molecule has 2 rings (SSSR count). The van der Waals surface area contributed by atoms with Crippen LogP contribution in [0.1, 0.15) is 25.6 Å². The van der Waals surface area contributed by atoms with Crippen LogP contribution in [-0.2, 0) is 13.0 Å². The fraction of sp³-hybridized carbons (Fsp3) is 0.438. The van der Waals surface area contributed by atoms with Crippen molar-refractivity contribution in [2.45, 2.75) is 38.8 Å². The number of aromatic nitrogens is 2. The number of rotatable bonds is 9. The molecule has 0 aliphatic heterocycles. The van der Waals surface area contributed by atoms with Crippen molar-refractivity contribution in [3.05, 3.63) is 48.5 Å². The first-order valence-corrected chi connectivity index (χ1v) is 7.47. The second kappa shape index (κ2) is 8.44. The van der Waals surface area contributed by atoms with E-state index < -0.39 is 0 Å². The van der Waals surface area contributed by atoms with Gasteiger partial charge in [0.05, 0.1) is 6.61 Å². The molecule has 21 heavy (non-hydrogen) atoms. The Balaban J connectivity index is 1.81. The molecule has 1 unspecified atom stereocenters. The van der Waals surface area contributed by atoms with Crippen molar-refractivity contribution in [3.63, 3.8) is 0 Å². The van der Waals surface area contributed by atoms with Crippen LogP contribution >= 0.6 is 0 Å². The predicted octanol–water partition coefficient (Wildman–Crippen LogP) is 2.14. The Labute approximate surface area is 126 Å². The van der Waals surface area contributed by atoms with E-state index in [1.54, 1.807) is 0 Å². The van der Waals surface area contributed by atoms with Gasteiger partial charge in [-0.2, -0.15) is 0 Å². The molecule has 0 amide bonds. The van der Waals surface area contributed by atoms with Gasteiger partial charge in [0, 0.05) is 31.4 Å². The molecule has 2 aromatic rings. The van der Waals surface area contributed by atoms with E-state index in [1.807, 2.05) is 42.7 Å². The van der Waals surface area contributed by atoms with Gasteiger partial charge in [-0.3, -0.25) is 11.3 Å². The van der Waals surface area contributed by atoms with Crippen LogP contribution in [0.4, 0.5) is 0 Å². The molecule has 1 heterocycles. The van der Waals surface area contributed by atoms with Crippen molar-refractivity contribution in [2.75, 3.05) is 6.61 Å². The summed E-state index contributed by atoms with van der Waals surface area (Å²) >= 11 is 0. The van der Waals surface area contributed by atoms with Crippen LogP contribution in [0.15, 0.2) is 42.7 Å². The minimum Gasteiger partial charge on any atom is -0.494 e. The number of hydrogen-bond acceptors (Lipinski definition) is 4. The van der Waals surface area contributed by atoms with E-state index in [0.717, 1.165) is 37.4 Å². The second-order valence-electron chi connectivity index (χ2n) is 5.05. The molecular formula is C16H24N4O. The first-order valence-electron chi connectivity index (χ1n) is 7.47. The van der Waals surface area contributed by atoms with Gasteiger partial charge in [0.2, 0.25) is 0 Å². The van der Waals surface area contributed by atoms with Crippen LogP contribution in [0, 0.1) is 0 Å². The lowest BCUT2D eigenvalue weighted by Gasteiger charge is -2.17. The van der Waals surface area contributed by atoms with Gasteiger partial charge in [0.15, 0.2) is 0 Å². The monoisotopic (exact) mass is 288 g/mol. The van der Waals surface area contributed by atoms with Crippen molar-refractivity contribution in [1.82, 2.24) is 15.0 Å². The Morgan fingerprint density at radius 2 is 2.14 bits per heavy atom. The first kappa shape index (κ1) is 15.5. The molecule has 0 saturated heterocycles. The van der Waals surface area contributed by atoms with Crippen LogP contribution < -0.4 is 16.0 Å². The fourth-order valence-corrected chi connectivity index (χ4v) is 2.27. The molecule has 1 aromatic carbocycles. The topological polar surface area (TPSA) is 65.1 Å². The first-order chi connectivity index (χ1) is 10.3. The highest BCUT2D eigenvalue weighted by molar-refractivity contribution is 5.20. The highest BCUT2D eigenvalue weighted by Crippen LogP contribution is 2.10. The number of imidazole rings is 1. The third-order valence-corrected chi connectivity index (χ3v) is 3.41. The molecule has 114 valence electrons. The molecule has 0 aliphatic carbocycles. The molecule has 3 N–H and O–H groups in total. The van der Waals surface area contributed by atoms with Gasteiger partial charge in [-0.1, -0.05) is 25.1 Å². The Morgan fingerprint density at radius 3 is 2.86 bits per heavy atom. The van der Waals surface area contributed by atoms with Crippen LogP contribution in [0.3, 0.4) is 0 Å². The highest BCUT2D eigenvalue weighted by Gasteiger charge is 2.12. The van der Waals surface area contributed by atoms with Crippen molar-refractivity contribution in [1.29, 1.82) is 0 Å². The minimum absolute atomic E-state index is 0.159. The number of benzene rings is 1. The fourth-order valence-electron chi connectivity index (χ4n) is 2.27. The van der Waals surface area contributed by atoms with Crippen molar-refractivity contribution in [3.8, 4) is 5.75 Å². The largest absolute Gasteiger partial charge is 0.494 e. The van der Waals surface area contributed by atoms with Gasteiger partial charge in [-0.25, -0.2) is 4.98 Å². The van der Waals surface area contributed by atoms with Gasteiger partial charge < -0.3 is 9.30 Å². The molecule has 0 saturated carbocycles. The van der Waals surface area contributed by atoms with Gasteiger partial charge in [0.25, 0.3) is 0 Å². The molecule has 1 aromatic heterocycles. The number of nitrogens with one attached hydrogen (secondary N) is 1. The molecule has 0 bridgehead atoms. The SMILES string of the molecule is CCCn1ccnc1CC(CCOc1ccccc1)NN. The predicted molar refractivity (Wildman–Crippen MR) is 83.9 cm³/mol. The van der Waals surface area contributed by atoms with Crippen molar-refractivity contribution < 1.29 is 4.74 Å². The van der Waals surface area contributed by atoms with E-state index in [9.17, 15) is 0 Å². The molecule has 5 heteroatoms. The summed E-state index contributed by atoms with van der Waals surface area (Å²) in [5, 5.41) is 0. The molecule has 5 nitrogen and oxygen atoms in total. The smallest absolute Gasteiger partial charge is 0.119 e. The van der Waals surface area contributed by atoms with E-state index >= 15 is 0 Å². The van der Waals surface area contributed by atoms with E-state index in [0.29, 0.717) is 6.61 Å². The Hall–Kier alpha value is -1.85. The standard InChI is InChI=1S/C16H24N4O/c1-2-10-20-11-9-18-16(20)13-14(19-17)8-12-21-15-6-4-3-5-7-15/h3-7,9,11,14,19H,2,8,10,12-13,17H2,1H3. The summed E-state index contributed by atoms with van der Waals surface area (Å²) in [5.41, 5.74) is 2.86. The Bertz CT molecular complexity index is 512. The maximum atomic E-state index is 5.71. The molecule has 0 radical (unpaired) electrons. The van der Waals surface area contributed by atoms with Gasteiger partial charge in [-0.05, 0) is 25.0 Å². The second-order valence-corrected chi connectivity index (χ2v) is 5.05. The van der Waals surface area contributed by atoms with Crippen LogP contribution in [-0.4, -0.2) is 22.2 Å². The minimum atomic E-state index is 0.159. The zero-order chi connectivity index (χ0) is 14.9. The average Bonchev–Trinajstić information content (AvgIpc) is 2.95. The number of hydrazine groups is 1. The maximum absolute atomic E-state index is 5.71. The van der Waals surface area contributed by atoms with Gasteiger partial charge >= 0.3 is 0 Å². The number of nitrogens with zero attached hydrogens (tertiary/aromatic N) is 2. The third-order valence-electron chi connectivity index (χ3n) is 3.41. The summed E-state index contributed by atoms with van der Waals surface area (Å²) in [7, 11) is 0. The third kappa shape index (κ3) is 4.88. The number of para-hydroxylation sites is 1. The zero-order valence-electron chi connectivity index (χ0n) is 12.5. The lowest BCUT2D eigenvalue weighted by molar-refractivity contribution is 0.283. The van der Waals surface area contributed by atoms with E-state index in [4.69, 9.17) is 10.6 Å². The molecule has 0 fully saturated rings. The highest BCUT2D eigenvalue weighted by atomic mass is 16.5. The molecule has 0 aliphatic rings.